The van der Waals surface area contributed by atoms with E-state index in [0.717, 1.165) is 61.2 Å². The molecule has 1 heterocycles. The molecule has 0 unspecified atom stereocenters. The fourth-order valence-corrected chi connectivity index (χ4v) is 6.61. The Hall–Kier alpha value is -3.09. The number of anilines is 1. The van der Waals surface area contributed by atoms with E-state index in [2.05, 4.69) is 35.4 Å². The first-order valence-corrected chi connectivity index (χ1v) is 14.8. The number of nitrogens with one attached hydrogen (secondary N) is 1. The van der Waals surface area contributed by atoms with Crippen LogP contribution in [0.25, 0.3) is 0 Å². The van der Waals surface area contributed by atoms with Crippen LogP contribution in [0.5, 0.6) is 5.75 Å². The largest absolute Gasteiger partial charge is 0.493 e. The van der Waals surface area contributed by atoms with E-state index in [4.69, 9.17) is 16.3 Å². The van der Waals surface area contributed by atoms with Gasteiger partial charge in [0.15, 0.2) is 0 Å². The van der Waals surface area contributed by atoms with Crippen molar-refractivity contribution in [1.29, 1.82) is 0 Å². The van der Waals surface area contributed by atoms with Gasteiger partial charge in [0, 0.05) is 22.5 Å². The van der Waals surface area contributed by atoms with Crippen molar-refractivity contribution in [3.8, 4) is 5.75 Å². The highest BCUT2D eigenvalue weighted by molar-refractivity contribution is 6.30. The van der Waals surface area contributed by atoms with E-state index in [-0.39, 0.29) is 5.92 Å². The minimum absolute atomic E-state index is 0.273. The molecule has 1 aromatic heterocycles. The second-order valence-corrected chi connectivity index (χ2v) is 12.1. The van der Waals surface area contributed by atoms with Gasteiger partial charge in [-0.1, -0.05) is 48.9 Å². The third-order valence-corrected chi connectivity index (χ3v) is 8.81. The number of carbonyl (C=O) groups is 1. The van der Waals surface area contributed by atoms with Crippen LogP contribution >= 0.6 is 11.6 Å². The molecule has 5 rings (SSSR count). The summed E-state index contributed by atoms with van der Waals surface area (Å²) < 4.78 is 6.31. The van der Waals surface area contributed by atoms with Gasteiger partial charge in [0.25, 0.3) is 0 Å². The lowest BCUT2D eigenvalue weighted by atomic mass is 9.82. The predicted molar refractivity (Wildman–Crippen MR) is 158 cm³/mol. The topological polar surface area (TPSA) is 91.7 Å². The summed E-state index contributed by atoms with van der Waals surface area (Å²) in [5.74, 6) is 0.582. The molecule has 40 heavy (non-hydrogen) atoms. The number of aryl methyl sites for hydroxylation is 1. The lowest BCUT2D eigenvalue weighted by Crippen LogP contribution is -2.47. The molecule has 2 aromatic carbocycles. The maximum Gasteiger partial charge on any atom is 0.329 e. The number of halogens is 1. The average Bonchev–Trinajstić information content (AvgIpc) is 3.01. The van der Waals surface area contributed by atoms with Gasteiger partial charge in [0.2, 0.25) is 0 Å². The number of aromatic nitrogens is 1. The highest BCUT2D eigenvalue weighted by Gasteiger charge is 2.39. The summed E-state index contributed by atoms with van der Waals surface area (Å²) in [6.07, 6.45) is 8.11. The van der Waals surface area contributed by atoms with Gasteiger partial charge in [0.1, 0.15) is 11.3 Å². The van der Waals surface area contributed by atoms with E-state index in [1.54, 1.807) is 18.3 Å². The lowest BCUT2D eigenvalue weighted by molar-refractivity contribution is -0.143. The molecule has 6 nitrogen and oxygen atoms in total. The van der Waals surface area contributed by atoms with Gasteiger partial charge in [-0.2, -0.15) is 0 Å². The van der Waals surface area contributed by atoms with Crippen molar-refractivity contribution in [3.05, 3.63) is 88.2 Å². The number of carboxylic acids is 1. The van der Waals surface area contributed by atoms with Crippen molar-refractivity contribution in [2.75, 3.05) is 11.9 Å². The molecule has 212 valence electrons. The quantitative estimate of drug-likeness (QED) is 0.273. The van der Waals surface area contributed by atoms with E-state index >= 15 is 0 Å². The van der Waals surface area contributed by atoms with Crippen molar-refractivity contribution in [2.45, 2.75) is 76.4 Å². The smallest absolute Gasteiger partial charge is 0.329 e. The summed E-state index contributed by atoms with van der Waals surface area (Å²) in [4.78, 5) is 17.2. The molecule has 2 aliphatic carbocycles. The fraction of sp³-hybridized carbons (Fsp3) is 0.455. The zero-order valence-corrected chi connectivity index (χ0v) is 23.9. The average molecular weight is 563 g/mol. The first-order chi connectivity index (χ1) is 19.3. The first kappa shape index (κ1) is 28.4. The Morgan fingerprint density at radius 2 is 1.95 bits per heavy atom. The molecule has 2 aliphatic rings. The molecule has 0 saturated heterocycles. The van der Waals surface area contributed by atoms with Crippen molar-refractivity contribution < 1.29 is 19.7 Å². The Bertz CT molecular complexity index is 1330. The molecule has 0 aliphatic heterocycles. The Kier molecular flexibility index (Phi) is 8.97. The normalized spacial score (nSPS) is 23.5. The zero-order chi connectivity index (χ0) is 28.1. The molecule has 0 radical (unpaired) electrons. The second kappa shape index (κ2) is 12.6. The number of aliphatic hydroxyl groups is 1. The number of hydrogen-bond acceptors (Lipinski definition) is 5. The summed E-state index contributed by atoms with van der Waals surface area (Å²) in [6, 6.07) is 17.7. The van der Waals surface area contributed by atoms with Gasteiger partial charge in [-0.05, 0) is 105 Å². The van der Waals surface area contributed by atoms with E-state index in [9.17, 15) is 15.0 Å². The van der Waals surface area contributed by atoms with Crippen molar-refractivity contribution in [2.24, 2.45) is 11.8 Å². The van der Waals surface area contributed by atoms with Gasteiger partial charge in [-0.15, -0.1) is 0 Å². The van der Waals surface area contributed by atoms with Crippen molar-refractivity contribution in [3.63, 3.8) is 0 Å². The van der Waals surface area contributed by atoms with E-state index in [1.165, 1.54) is 11.1 Å². The lowest BCUT2D eigenvalue weighted by Gasteiger charge is -2.33. The summed E-state index contributed by atoms with van der Waals surface area (Å²) in [5.41, 5.74) is 3.95. The number of pyridine rings is 1. The Balaban J connectivity index is 1.33. The Labute approximate surface area is 241 Å². The number of ether oxygens (including phenoxy) is 1. The molecule has 0 amide bonds. The monoisotopic (exact) mass is 562 g/mol. The van der Waals surface area contributed by atoms with Gasteiger partial charge in [-0.25, -0.2) is 4.79 Å². The van der Waals surface area contributed by atoms with Gasteiger partial charge < -0.3 is 20.3 Å². The number of carboxylic acid groups (broad SMARTS) is 1. The minimum Gasteiger partial charge on any atom is -0.493 e. The first-order valence-electron chi connectivity index (χ1n) is 14.5. The molecule has 3 N–H and O–H groups in total. The van der Waals surface area contributed by atoms with Crippen LogP contribution in [-0.4, -0.2) is 33.3 Å². The van der Waals surface area contributed by atoms with Crippen LogP contribution in [0.1, 0.15) is 73.9 Å². The van der Waals surface area contributed by atoms with E-state index in [0.29, 0.717) is 36.8 Å². The molecule has 0 spiro atoms. The standard InChI is InChI=1S/C33H39ClN2O4/c1-22(21-40-30-14-17-35-31-28(30)10-5-11-29(31)37)18-23-12-15-33(32(38)39,36-27-9-4-8-26(34)20-27)16-13-24-6-2-3-7-25(24)19-23/h2-4,6-9,14,17,20,22-23,29,36-37H,5,10-13,15-16,18-19,21H2,1H3,(H,38,39)/t22-,23+,29-,33+/m1/s1. The molecule has 0 saturated carbocycles. The molecule has 0 bridgehead atoms. The summed E-state index contributed by atoms with van der Waals surface area (Å²) >= 11 is 6.22. The fourth-order valence-electron chi connectivity index (χ4n) is 6.41. The molecular weight excluding hydrogens is 524 g/mol. The maximum absolute atomic E-state index is 12.8. The number of nitrogens with zero attached hydrogens (tertiary/aromatic N) is 1. The summed E-state index contributed by atoms with van der Waals surface area (Å²) in [7, 11) is 0. The summed E-state index contributed by atoms with van der Waals surface area (Å²) in [5, 5.41) is 24.8. The van der Waals surface area contributed by atoms with Gasteiger partial charge in [-0.3, -0.25) is 4.98 Å². The maximum atomic E-state index is 12.8. The zero-order valence-electron chi connectivity index (χ0n) is 23.1. The van der Waals surface area contributed by atoms with Crippen LogP contribution in [0.2, 0.25) is 5.02 Å². The van der Waals surface area contributed by atoms with Crippen molar-refractivity contribution >= 4 is 23.3 Å². The Morgan fingerprint density at radius 1 is 1.12 bits per heavy atom. The predicted octanol–water partition coefficient (Wildman–Crippen LogP) is 7.03. The number of benzene rings is 2. The number of aliphatic hydroxyl groups excluding tert-OH is 1. The second-order valence-electron chi connectivity index (χ2n) is 11.6. The van der Waals surface area contributed by atoms with Crippen LogP contribution in [0.3, 0.4) is 0 Å². The third kappa shape index (κ3) is 6.61. The van der Waals surface area contributed by atoms with E-state index < -0.39 is 17.6 Å². The van der Waals surface area contributed by atoms with E-state index in [1.807, 2.05) is 24.3 Å². The Morgan fingerprint density at radius 3 is 2.75 bits per heavy atom. The summed E-state index contributed by atoms with van der Waals surface area (Å²) in [6.45, 7) is 2.77. The minimum atomic E-state index is -1.09. The van der Waals surface area contributed by atoms with Crippen LogP contribution in [0.4, 0.5) is 5.69 Å². The highest BCUT2D eigenvalue weighted by Crippen LogP contribution is 2.36. The van der Waals surface area contributed by atoms with Crippen LogP contribution in [0, 0.1) is 11.8 Å². The molecule has 3 aromatic rings. The number of fused-ring (bicyclic) bond motifs is 2. The van der Waals surface area contributed by atoms with Crippen molar-refractivity contribution in [1.82, 2.24) is 4.98 Å². The van der Waals surface area contributed by atoms with Crippen LogP contribution in [-0.2, 0) is 24.1 Å². The number of rotatable bonds is 8. The third-order valence-electron chi connectivity index (χ3n) is 8.57. The van der Waals surface area contributed by atoms with Gasteiger partial charge in [0.05, 0.1) is 18.4 Å². The number of aliphatic carboxylic acids is 1. The van der Waals surface area contributed by atoms with Gasteiger partial charge >= 0.3 is 5.97 Å². The molecule has 4 atom stereocenters. The molecule has 0 fully saturated rings. The van der Waals surface area contributed by atoms with Crippen LogP contribution < -0.4 is 10.1 Å². The molecular formula is C33H39ClN2O4. The molecule has 7 heteroatoms. The number of hydrogen-bond donors (Lipinski definition) is 3. The highest BCUT2D eigenvalue weighted by atomic mass is 35.5. The SMILES string of the molecule is C[C@@H](COc1ccnc2c1CCC[C@H]2O)C[C@@H]1CC[C@@](Nc2cccc(Cl)c2)(C(=O)O)CCc2ccccc2C1. The van der Waals surface area contributed by atoms with Crippen LogP contribution in [0.15, 0.2) is 60.8 Å².